The van der Waals surface area contributed by atoms with E-state index in [2.05, 4.69) is 10.3 Å². The number of nitrogens with one attached hydrogen (secondary N) is 1. The lowest BCUT2D eigenvalue weighted by Gasteiger charge is -2.13. The number of hydrogen-bond donors (Lipinski definition) is 1. The standard InChI is InChI=1S/C16H13Cl3N2O3/c17-10-1-2-12(18)14(6-10)21-15(22)9-5-13(19)16(20-7-9)24-11-3-4-23-8-11/h1-2,5-7,11H,3-4,8H2,(H,21,22). The topological polar surface area (TPSA) is 60.5 Å². The Balaban J connectivity index is 1.73. The Hall–Kier alpha value is -1.53. The zero-order chi connectivity index (χ0) is 17.1. The molecule has 24 heavy (non-hydrogen) atoms. The van der Waals surface area contributed by atoms with Gasteiger partial charge in [0, 0.05) is 17.6 Å². The molecule has 1 aliphatic heterocycles. The van der Waals surface area contributed by atoms with Gasteiger partial charge in [0.15, 0.2) is 0 Å². The normalized spacial score (nSPS) is 16.9. The number of hydrogen-bond acceptors (Lipinski definition) is 4. The van der Waals surface area contributed by atoms with E-state index >= 15 is 0 Å². The maximum Gasteiger partial charge on any atom is 0.257 e. The molecule has 0 aliphatic carbocycles. The number of carbonyl (C=O) groups is 1. The smallest absolute Gasteiger partial charge is 0.257 e. The van der Waals surface area contributed by atoms with Gasteiger partial charge in [-0.05, 0) is 24.3 Å². The van der Waals surface area contributed by atoms with Crippen molar-refractivity contribution < 1.29 is 14.3 Å². The second kappa shape index (κ2) is 7.57. The molecule has 2 heterocycles. The third-order valence-corrected chi connectivity index (χ3v) is 4.25. The van der Waals surface area contributed by atoms with E-state index in [1.165, 1.54) is 12.3 Å². The third kappa shape index (κ3) is 4.11. The van der Waals surface area contributed by atoms with Crippen LogP contribution in [0.1, 0.15) is 16.8 Å². The fourth-order valence-corrected chi connectivity index (χ4v) is 2.74. The summed E-state index contributed by atoms with van der Waals surface area (Å²) < 4.78 is 10.9. The summed E-state index contributed by atoms with van der Waals surface area (Å²) in [5.74, 6) is -0.117. The minimum Gasteiger partial charge on any atom is -0.471 e. The number of rotatable bonds is 4. The van der Waals surface area contributed by atoms with Gasteiger partial charge in [-0.3, -0.25) is 4.79 Å². The number of ether oxygens (including phenoxy) is 2. The number of nitrogens with zero attached hydrogens (tertiary/aromatic N) is 1. The average molecular weight is 388 g/mol. The molecule has 0 bridgehead atoms. The molecule has 126 valence electrons. The Labute approximate surface area is 153 Å². The Morgan fingerprint density at radius 1 is 1.25 bits per heavy atom. The second-order valence-electron chi connectivity index (χ2n) is 5.19. The number of halogens is 3. The molecule has 1 unspecified atom stereocenters. The van der Waals surface area contributed by atoms with Gasteiger partial charge in [-0.15, -0.1) is 0 Å². The number of amides is 1. The van der Waals surface area contributed by atoms with Crippen LogP contribution in [0.5, 0.6) is 5.88 Å². The van der Waals surface area contributed by atoms with E-state index in [0.29, 0.717) is 28.9 Å². The van der Waals surface area contributed by atoms with Crippen LogP contribution < -0.4 is 10.1 Å². The summed E-state index contributed by atoms with van der Waals surface area (Å²) in [4.78, 5) is 16.4. The first-order valence-electron chi connectivity index (χ1n) is 7.19. The molecular weight excluding hydrogens is 375 g/mol. The first-order chi connectivity index (χ1) is 11.5. The van der Waals surface area contributed by atoms with Gasteiger partial charge < -0.3 is 14.8 Å². The van der Waals surface area contributed by atoms with Crippen molar-refractivity contribution in [3.05, 3.63) is 51.1 Å². The highest BCUT2D eigenvalue weighted by molar-refractivity contribution is 6.36. The Morgan fingerprint density at radius 3 is 2.79 bits per heavy atom. The highest BCUT2D eigenvalue weighted by Gasteiger charge is 2.20. The third-order valence-electron chi connectivity index (χ3n) is 3.41. The van der Waals surface area contributed by atoms with Crippen LogP contribution in [0.2, 0.25) is 15.1 Å². The molecular formula is C16H13Cl3N2O3. The summed E-state index contributed by atoms with van der Waals surface area (Å²) in [6.45, 7) is 1.16. The molecule has 1 saturated heterocycles. The molecule has 5 nitrogen and oxygen atoms in total. The van der Waals surface area contributed by atoms with E-state index in [1.807, 2.05) is 0 Å². The van der Waals surface area contributed by atoms with Crippen molar-refractivity contribution in [3.63, 3.8) is 0 Å². The van der Waals surface area contributed by atoms with Gasteiger partial charge in [-0.25, -0.2) is 4.98 Å². The molecule has 1 atom stereocenters. The van der Waals surface area contributed by atoms with Crippen LogP contribution in [0.3, 0.4) is 0 Å². The molecule has 0 radical (unpaired) electrons. The maximum atomic E-state index is 12.3. The molecule has 1 amide bonds. The summed E-state index contributed by atoms with van der Waals surface area (Å²) >= 11 is 18.1. The molecule has 1 N–H and O–H groups in total. The lowest BCUT2D eigenvalue weighted by Crippen LogP contribution is -2.17. The van der Waals surface area contributed by atoms with Crippen LogP contribution in [-0.4, -0.2) is 30.2 Å². The minimum absolute atomic E-state index is 0.0695. The van der Waals surface area contributed by atoms with Crippen molar-refractivity contribution in [1.82, 2.24) is 4.98 Å². The summed E-state index contributed by atoms with van der Waals surface area (Å²) in [6.07, 6.45) is 2.11. The quantitative estimate of drug-likeness (QED) is 0.841. The maximum absolute atomic E-state index is 12.3. The Morgan fingerprint density at radius 2 is 2.08 bits per heavy atom. The second-order valence-corrected chi connectivity index (χ2v) is 6.44. The monoisotopic (exact) mass is 386 g/mol. The van der Waals surface area contributed by atoms with E-state index < -0.39 is 5.91 Å². The van der Waals surface area contributed by atoms with Crippen LogP contribution in [0, 0.1) is 0 Å². The highest BCUT2D eigenvalue weighted by atomic mass is 35.5. The first kappa shape index (κ1) is 17.3. The number of benzene rings is 1. The predicted molar refractivity (Wildman–Crippen MR) is 93.5 cm³/mol. The lowest BCUT2D eigenvalue weighted by molar-refractivity contribution is 0.102. The number of aromatic nitrogens is 1. The van der Waals surface area contributed by atoms with E-state index in [1.54, 1.807) is 18.2 Å². The van der Waals surface area contributed by atoms with Gasteiger partial charge in [-0.2, -0.15) is 0 Å². The molecule has 0 spiro atoms. The zero-order valence-electron chi connectivity index (χ0n) is 12.4. The van der Waals surface area contributed by atoms with Gasteiger partial charge in [0.05, 0.1) is 29.5 Å². The summed E-state index contributed by atoms with van der Waals surface area (Å²) in [6, 6.07) is 6.30. The van der Waals surface area contributed by atoms with Gasteiger partial charge >= 0.3 is 0 Å². The molecule has 1 aromatic carbocycles. The minimum atomic E-state index is -0.399. The SMILES string of the molecule is O=C(Nc1cc(Cl)ccc1Cl)c1cnc(OC2CCOC2)c(Cl)c1. The van der Waals surface area contributed by atoms with Crippen molar-refractivity contribution in [2.24, 2.45) is 0 Å². The number of pyridine rings is 1. The van der Waals surface area contributed by atoms with Crippen LogP contribution in [0.4, 0.5) is 5.69 Å². The van der Waals surface area contributed by atoms with Crippen molar-refractivity contribution in [2.45, 2.75) is 12.5 Å². The molecule has 1 aromatic heterocycles. The predicted octanol–water partition coefficient (Wildman–Crippen LogP) is 4.46. The molecule has 3 rings (SSSR count). The van der Waals surface area contributed by atoms with Crippen molar-refractivity contribution in [2.75, 3.05) is 18.5 Å². The molecule has 8 heteroatoms. The molecule has 1 fully saturated rings. The Kier molecular flexibility index (Phi) is 5.46. The van der Waals surface area contributed by atoms with Crippen LogP contribution in [0.25, 0.3) is 0 Å². The summed E-state index contributed by atoms with van der Waals surface area (Å²) in [5, 5.41) is 3.78. The van der Waals surface area contributed by atoms with Gasteiger partial charge in [0.25, 0.3) is 5.91 Å². The lowest BCUT2D eigenvalue weighted by atomic mass is 10.2. The van der Waals surface area contributed by atoms with E-state index in [9.17, 15) is 4.79 Å². The first-order valence-corrected chi connectivity index (χ1v) is 8.32. The number of anilines is 1. The van der Waals surface area contributed by atoms with Gasteiger partial charge in [-0.1, -0.05) is 34.8 Å². The van der Waals surface area contributed by atoms with Crippen LogP contribution in [-0.2, 0) is 4.74 Å². The molecule has 0 saturated carbocycles. The summed E-state index contributed by atoms with van der Waals surface area (Å²) in [7, 11) is 0. The van der Waals surface area contributed by atoms with Gasteiger partial charge in [0.1, 0.15) is 11.1 Å². The van der Waals surface area contributed by atoms with E-state index in [0.717, 1.165) is 6.42 Å². The fourth-order valence-electron chi connectivity index (χ4n) is 2.19. The molecule has 1 aliphatic rings. The van der Waals surface area contributed by atoms with Crippen molar-refractivity contribution in [3.8, 4) is 5.88 Å². The molecule has 2 aromatic rings. The van der Waals surface area contributed by atoms with Crippen LogP contribution >= 0.6 is 34.8 Å². The zero-order valence-corrected chi connectivity index (χ0v) is 14.7. The number of carbonyl (C=O) groups excluding carboxylic acids is 1. The van der Waals surface area contributed by atoms with Gasteiger partial charge in [0.2, 0.25) is 5.88 Å². The van der Waals surface area contributed by atoms with E-state index in [4.69, 9.17) is 44.3 Å². The average Bonchev–Trinajstić information content (AvgIpc) is 3.06. The Bertz CT molecular complexity index is 764. The van der Waals surface area contributed by atoms with Crippen molar-refractivity contribution in [1.29, 1.82) is 0 Å². The fraction of sp³-hybridized carbons (Fsp3) is 0.250. The summed E-state index contributed by atoms with van der Waals surface area (Å²) in [5.41, 5.74) is 0.694. The highest BCUT2D eigenvalue weighted by Crippen LogP contribution is 2.28. The van der Waals surface area contributed by atoms with Crippen LogP contribution in [0.15, 0.2) is 30.5 Å². The van der Waals surface area contributed by atoms with Crippen molar-refractivity contribution >= 4 is 46.4 Å². The largest absolute Gasteiger partial charge is 0.471 e. The van der Waals surface area contributed by atoms with E-state index in [-0.39, 0.29) is 22.6 Å².